The van der Waals surface area contributed by atoms with Gasteiger partial charge in [0.1, 0.15) is 17.3 Å². The van der Waals surface area contributed by atoms with Crippen LogP contribution in [0.1, 0.15) is 37.9 Å². The molecular formula is C24H21BrN4O4. The molecular weight excluding hydrogens is 488 g/mol. The van der Waals surface area contributed by atoms with E-state index in [0.717, 1.165) is 4.47 Å². The van der Waals surface area contributed by atoms with Crippen LogP contribution < -0.4 is 5.56 Å². The quantitative estimate of drug-likeness (QED) is 0.196. The summed E-state index contributed by atoms with van der Waals surface area (Å²) in [5, 5.41) is 16.1. The minimum atomic E-state index is -0.438. The maximum absolute atomic E-state index is 13.2. The van der Waals surface area contributed by atoms with E-state index in [1.54, 1.807) is 43.3 Å². The maximum atomic E-state index is 13.2. The van der Waals surface area contributed by atoms with Crippen molar-refractivity contribution in [1.29, 1.82) is 0 Å². The van der Waals surface area contributed by atoms with E-state index < -0.39 is 10.3 Å². The lowest BCUT2D eigenvalue weighted by Gasteiger charge is -2.20. The molecule has 0 radical (unpaired) electrons. The Bertz CT molecular complexity index is 1480. The molecule has 2 aromatic carbocycles. The molecule has 0 aliphatic carbocycles. The Morgan fingerprint density at radius 3 is 2.61 bits per heavy atom. The van der Waals surface area contributed by atoms with Crippen molar-refractivity contribution in [3.8, 4) is 11.3 Å². The fourth-order valence-corrected chi connectivity index (χ4v) is 3.75. The van der Waals surface area contributed by atoms with Gasteiger partial charge in [0.15, 0.2) is 0 Å². The number of halogens is 1. The number of nitrogens with zero attached hydrogens (tertiary/aromatic N) is 4. The van der Waals surface area contributed by atoms with Crippen molar-refractivity contribution in [1.82, 2.24) is 9.66 Å². The topological polar surface area (TPSA) is 104 Å². The molecule has 0 aliphatic heterocycles. The summed E-state index contributed by atoms with van der Waals surface area (Å²) in [6.45, 7) is 7.56. The Morgan fingerprint density at radius 2 is 1.91 bits per heavy atom. The second kappa shape index (κ2) is 8.40. The summed E-state index contributed by atoms with van der Waals surface area (Å²) in [6.07, 6.45) is 1.44. The SMILES string of the molecule is Cc1ccc(-c2ccc(C=Nn3c(C(C)(C)C)nc4ccc(Br)cc4c3=O)o2)cc1[N+](=O)[O-]. The third-order valence-electron chi connectivity index (χ3n) is 5.10. The van der Waals surface area contributed by atoms with Crippen LogP contribution in [0.5, 0.6) is 0 Å². The molecule has 0 saturated heterocycles. The number of nitro groups is 1. The molecule has 0 unspecified atom stereocenters. The summed E-state index contributed by atoms with van der Waals surface area (Å²) in [7, 11) is 0. The van der Waals surface area contributed by atoms with E-state index in [2.05, 4.69) is 26.0 Å². The van der Waals surface area contributed by atoms with E-state index in [9.17, 15) is 14.9 Å². The summed E-state index contributed by atoms with van der Waals surface area (Å²) >= 11 is 3.40. The molecule has 0 N–H and O–H groups in total. The van der Waals surface area contributed by atoms with Gasteiger partial charge in [0.25, 0.3) is 11.2 Å². The van der Waals surface area contributed by atoms with E-state index in [1.165, 1.54) is 17.0 Å². The summed E-state index contributed by atoms with van der Waals surface area (Å²) in [4.78, 5) is 28.7. The maximum Gasteiger partial charge on any atom is 0.282 e. The zero-order valence-corrected chi connectivity index (χ0v) is 20.1. The Kier molecular flexibility index (Phi) is 5.75. The van der Waals surface area contributed by atoms with Gasteiger partial charge in [-0.2, -0.15) is 9.78 Å². The van der Waals surface area contributed by atoms with Gasteiger partial charge in [-0.3, -0.25) is 14.9 Å². The highest BCUT2D eigenvalue weighted by Gasteiger charge is 2.23. The van der Waals surface area contributed by atoms with E-state index >= 15 is 0 Å². The number of furan rings is 1. The van der Waals surface area contributed by atoms with Gasteiger partial charge in [0.2, 0.25) is 0 Å². The largest absolute Gasteiger partial charge is 0.455 e. The predicted octanol–water partition coefficient (Wildman–Crippen LogP) is 5.82. The van der Waals surface area contributed by atoms with Crippen LogP contribution in [-0.4, -0.2) is 20.8 Å². The van der Waals surface area contributed by atoms with Crippen LogP contribution in [0.4, 0.5) is 5.69 Å². The Labute approximate surface area is 197 Å². The van der Waals surface area contributed by atoms with Crippen molar-refractivity contribution in [2.75, 3.05) is 0 Å². The molecule has 0 spiro atoms. The van der Waals surface area contributed by atoms with Gasteiger partial charge in [-0.05, 0) is 37.3 Å². The lowest BCUT2D eigenvalue weighted by Crippen LogP contribution is -2.29. The zero-order chi connectivity index (χ0) is 23.9. The number of aryl methyl sites for hydroxylation is 1. The molecule has 0 fully saturated rings. The highest BCUT2D eigenvalue weighted by Crippen LogP contribution is 2.28. The number of rotatable bonds is 4. The highest BCUT2D eigenvalue weighted by molar-refractivity contribution is 9.10. The summed E-state index contributed by atoms with van der Waals surface area (Å²) in [6, 6.07) is 13.7. The molecule has 4 aromatic rings. The molecule has 0 saturated carbocycles. The van der Waals surface area contributed by atoms with Crippen molar-refractivity contribution in [3.63, 3.8) is 0 Å². The second-order valence-corrected chi connectivity index (χ2v) is 9.58. The molecule has 33 heavy (non-hydrogen) atoms. The van der Waals surface area contributed by atoms with E-state index in [4.69, 9.17) is 4.42 Å². The van der Waals surface area contributed by atoms with E-state index in [0.29, 0.717) is 39.4 Å². The molecule has 2 heterocycles. The summed E-state index contributed by atoms with van der Waals surface area (Å²) < 4.78 is 7.88. The van der Waals surface area contributed by atoms with Gasteiger partial charge < -0.3 is 4.42 Å². The summed E-state index contributed by atoms with van der Waals surface area (Å²) in [5.41, 5.74) is 1.05. The minimum Gasteiger partial charge on any atom is -0.455 e. The van der Waals surface area contributed by atoms with Gasteiger partial charge in [-0.25, -0.2) is 4.98 Å². The number of nitro benzene ring substituents is 1. The average molecular weight is 509 g/mol. The average Bonchev–Trinajstić information content (AvgIpc) is 3.21. The predicted molar refractivity (Wildman–Crippen MR) is 131 cm³/mol. The second-order valence-electron chi connectivity index (χ2n) is 8.67. The van der Waals surface area contributed by atoms with Crippen LogP contribution >= 0.6 is 15.9 Å². The molecule has 8 nitrogen and oxygen atoms in total. The smallest absolute Gasteiger partial charge is 0.282 e. The lowest BCUT2D eigenvalue weighted by molar-refractivity contribution is -0.385. The van der Waals surface area contributed by atoms with Crippen LogP contribution in [0.2, 0.25) is 0 Å². The van der Waals surface area contributed by atoms with Crippen molar-refractivity contribution in [2.45, 2.75) is 33.1 Å². The number of aromatic nitrogens is 2. The van der Waals surface area contributed by atoms with Crippen LogP contribution in [0, 0.1) is 17.0 Å². The first-order chi connectivity index (χ1) is 15.5. The van der Waals surface area contributed by atoms with E-state index in [-0.39, 0.29) is 11.2 Å². The molecule has 4 rings (SSSR count). The molecule has 0 bridgehead atoms. The summed E-state index contributed by atoms with van der Waals surface area (Å²) in [5.74, 6) is 1.37. The molecule has 2 aromatic heterocycles. The van der Waals surface area contributed by atoms with Gasteiger partial charge in [-0.15, -0.1) is 0 Å². The van der Waals surface area contributed by atoms with Crippen molar-refractivity contribution in [3.05, 3.63) is 90.6 Å². The molecule has 0 atom stereocenters. The first-order valence-electron chi connectivity index (χ1n) is 10.2. The van der Waals surface area contributed by atoms with Gasteiger partial charge in [-0.1, -0.05) is 48.8 Å². The minimum absolute atomic E-state index is 0.0221. The zero-order valence-electron chi connectivity index (χ0n) is 18.5. The third-order valence-corrected chi connectivity index (χ3v) is 5.59. The fraction of sp³-hybridized carbons (Fsp3) is 0.208. The fourth-order valence-electron chi connectivity index (χ4n) is 3.39. The number of fused-ring (bicyclic) bond motifs is 1. The van der Waals surface area contributed by atoms with Gasteiger partial charge >= 0.3 is 0 Å². The first kappa shape index (κ1) is 22.6. The third kappa shape index (κ3) is 4.49. The van der Waals surface area contributed by atoms with Crippen molar-refractivity contribution < 1.29 is 9.34 Å². The lowest BCUT2D eigenvalue weighted by atomic mass is 9.95. The van der Waals surface area contributed by atoms with Crippen LogP contribution in [0.15, 0.2) is 67.3 Å². The van der Waals surface area contributed by atoms with E-state index in [1.807, 2.05) is 26.8 Å². The molecule has 0 amide bonds. The number of benzene rings is 2. The number of hydrogen-bond donors (Lipinski definition) is 0. The number of hydrogen-bond acceptors (Lipinski definition) is 6. The first-order valence-corrected chi connectivity index (χ1v) is 11.0. The van der Waals surface area contributed by atoms with Crippen LogP contribution in [-0.2, 0) is 5.41 Å². The standard InChI is InChI=1S/C24H21BrN4O4/c1-14-5-6-15(11-20(14)29(31)32)21-10-8-17(33-21)13-26-28-22(30)18-12-16(25)7-9-19(18)27-23(28)24(2,3)4/h5-13H,1-4H3. The van der Waals surface area contributed by atoms with Crippen LogP contribution in [0.25, 0.3) is 22.2 Å². The van der Waals surface area contributed by atoms with Gasteiger partial charge in [0, 0.05) is 27.1 Å². The Morgan fingerprint density at radius 1 is 1.15 bits per heavy atom. The van der Waals surface area contributed by atoms with Crippen LogP contribution in [0.3, 0.4) is 0 Å². The highest BCUT2D eigenvalue weighted by atomic mass is 79.9. The normalized spacial score (nSPS) is 12.0. The monoisotopic (exact) mass is 508 g/mol. The van der Waals surface area contributed by atoms with Crippen molar-refractivity contribution in [2.24, 2.45) is 5.10 Å². The molecule has 168 valence electrons. The molecule has 0 aliphatic rings. The van der Waals surface area contributed by atoms with Crippen molar-refractivity contribution >= 4 is 38.7 Å². The Hall–Kier alpha value is -3.59. The van der Waals surface area contributed by atoms with Gasteiger partial charge in [0.05, 0.1) is 22.0 Å². The Balaban J connectivity index is 1.76. The molecule has 9 heteroatoms.